The molecule has 4 N–H and O–H groups in total. The molecule has 0 bridgehead atoms. The minimum atomic E-state index is -3.80. The fourth-order valence-corrected chi connectivity index (χ4v) is 3.76. The SMILES string of the molecule is CN(C)S(=O)(=O)c1cc(C(=O)NCc2ccc(C(=O)NCC(N)=O)cc2)ccc1Cl. The first kappa shape index (κ1) is 23.3. The molecule has 0 unspecified atom stereocenters. The van der Waals surface area contributed by atoms with Crippen molar-refractivity contribution in [3.63, 3.8) is 0 Å². The van der Waals surface area contributed by atoms with Crippen molar-refractivity contribution in [3.8, 4) is 0 Å². The van der Waals surface area contributed by atoms with E-state index in [0.717, 1.165) is 4.31 Å². The second-order valence-electron chi connectivity index (χ2n) is 6.46. The van der Waals surface area contributed by atoms with Crippen molar-refractivity contribution >= 4 is 39.3 Å². The van der Waals surface area contributed by atoms with Crippen LogP contribution < -0.4 is 16.4 Å². The van der Waals surface area contributed by atoms with Crippen molar-refractivity contribution in [2.24, 2.45) is 5.73 Å². The highest BCUT2D eigenvalue weighted by Crippen LogP contribution is 2.24. The maximum atomic E-state index is 12.4. The van der Waals surface area contributed by atoms with E-state index < -0.39 is 27.7 Å². The fraction of sp³-hybridized carbons (Fsp3) is 0.211. The van der Waals surface area contributed by atoms with E-state index in [1.165, 1.54) is 32.3 Å². The van der Waals surface area contributed by atoms with E-state index in [9.17, 15) is 22.8 Å². The Morgan fingerprint density at radius 3 is 2.10 bits per heavy atom. The Labute approximate surface area is 179 Å². The third-order valence-corrected chi connectivity index (χ3v) is 6.34. The summed E-state index contributed by atoms with van der Waals surface area (Å²) in [5, 5.41) is 5.07. The summed E-state index contributed by atoms with van der Waals surface area (Å²) in [7, 11) is -1.06. The van der Waals surface area contributed by atoms with E-state index >= 15 is 0 Å². The summed E-state index contributed by atoms with van der Waals surface area (Å²) >= 11 is 5.99. The molecule has 9 nitrogen and oxygen atoms in total. The molecule has 0 aliphatic rings. The van der Waals surface area contributed by atoms with Gasteiger partial charge in [-0.1, -0.05) is 23.7 Å². The second kappa shape index (κ2) is 9.70. The van der Waals surface area contributed by atoms with Gasteiger partial charge in [0.2, 0.25) is 15.9 Å². The molecule has 0 saturated heterocycles. The first-order chi connectivity index (χ1) is 14.0. The average Bonchev–Trinajstić information content (AvgIpc) is 2.70. The number of rotatable bonds is 8. The third kappa shape index (κ3) is 5.78. The molecule has 0 spiro atoms. The minimum absolute atomic E-state index is 0.0189. The van der Waals surface area contributed by atoms with Gasteiger partial charge in [0.15, 0.2) is 0 Å². The summed E-state index contributed by atoms with van der Waals surface area (Å²) in [6.07, 6.45) is 0. The Morgan fingerprint density at radius 2 is 1.53 bits per heavy atom. The van der Waals surface area contributed by atoms with E-state index in [2.05, 4.69) is 10.6 Å². The van der Waals surface area contributed by atoms with Crippen LogP contribution in [0.2, 0.25) is 5.02 Å². The highest BCUT2D eigenvalue weighted by molar-refractivity contribution is 7.89. The van der Waals surface area contributed by atoms with Gasteiger partial charge >= 0.3 is 0 Å². The molecule has 0 radical (unpaired) electrons. The summed E-state index contributed by atoms with van der Waals surface area (Å²) in [6.45, 7) is -0.107. The number of halogens is 1. The van der Waals surface area contributed by atoms with E-state index in [-0.39, 0.29) is 28.6 Å². The molecule has 0 aliphatic heterocycles. The predicted molar refractivity (Wildman–Crippen MR) is 111 cm³/mol. The zero-order valence-corrected chi connectivity index (χ0v) is 17.9. The number of sulfonamides is 1. The van der Waals surface area contributed by atoms with Gasteiger partial charge in [0, 0.05) is 31.8 Å². The number of carbonyl (C=O) groups excluding carboxylic acids is 3. The lowest BCUT2D eigenvalue weighted by atomic mass is 10.1. The molecule has 2 aromatic rings. The lowest BCUT2D eigenvalue weighted by Gasteiger charge is -2.14. The molecule has 0 fully saturated rings. The number of amides is 3. The fourth-order valence-electron chi connectivity index (χ4n) is 2.37. The van der Waals surface area contributed by atoms with Gasteiger partial charge < -0.3 is 16.4 Å². The van der Waals surface area contributed by atoms with Crippen LogP contribution in [0.5, 0.6) is 0 Å². The van der Waals surface area contributed by atoms with Crippen molar-refractivity contribution < 1.29 is 22.8 Å². The number of hydrogen-bond acceptors (Lipinski definition) is 5. The Kier molecular flexibility index (Phi) is 7.54. The molecule has 30 heavy (non-hydrogen) atoms. The van der Waals surface area contributed by atoms with Crippen LogP contribution in [0.4, 0.5) is 0 Å². The van der Waals surface area contributed by atoms with Crippen molar-refractivity contribution in [2.45, 2.75) is 11.4 Å². The molecule has 0 aromatic heterocycles. The monoisotopic (exact) mass is 452 g/mol. The van der Waals surface area contributed by atoms with Gasteiger partial charge in [-0.05, 0) is 35.9 Å². The Bertz CT molecular complexity index is 1070. The molecule has 160 valence electrons. The lowest BCUT2D eigenvalue weighted by Crippen LogP contribution is -2.33. The number of primary amides is 1. The topological polar surface area (TPSA) is 139 Å². The number of carbonyl (C=O) groups is 3. The Balaban J connectivity index is 2.06. The standard InChI is InChI=1S/C19H21ClN4O5S/c1-24(2)30(28,29)16-9-14(7-8-15(16)20)19(27)22-10-12-3-5-13(6-4-12)18(26)23-11-17(21)25/h3-9H,10-11H2,1-2H3,(H2,21,25)(H,22,27)(H,23,26). The maximum absolute atomic E-state index is 12.4. The molecule has 11 heteroatoms. The zero-order valence-electron chi connectivity index (χ0n) is 16.3. The highest BCUT2D eigenvalue weighted by atomic mass is 35.5. The van der Waals surface area contributed by atoms with E-state index in [1.54, 1.807) is 24.3 Å². The smallest absolute Gasteiger partial charge is 0.251 e. The van der Waals surface area contributed by atoms with Crippen LogP contribution in [0, 0.1) is 0 Å². The second-order valence-corrected chi connectivity index (χ2v) is 8.99. The highest BCUT2D eigenvalue weighted by Gasteiger charge is 2.22. The van der Waals surface area contributed by atoms with Crippen molar-refractivity contribution in [3.05, 3.63) is 64.2 Å². The van der Waals surface area contributed by atoms with Crippen LogP contribution >= 0.6 is 11.6 Å². The van der Waals surface area contributed by atoms with Gasteiger partial charge in [0.1, 0.15) is 4.90 Å². The van der Waals surface area contributed by atoms with Gasteiger partial charge in [0.05, 0.1) is 11.6 Å². The number of nitrogens with two attached hydrogens (primary N) is 1. The average molecular weight is 453 g/mol. The normalized spacial score (nSPS) is 11.2. The van der Waals surface area contributed by atoms with Crippen molar-refractivity contribution in [1.82, 2.24) is 14.9 Å². The number of nitrogens with one attached hydrogen (secondary N) is 2. The summed E-state index contributed by atoms with van der Waals surface area (Å²) in [5.74, 6) is -1.57. The quantitative estimate of drug-likeness (QED) is 0.542. The number of nitrogens with zero attached hydrogens (tertiary/aromatic N) is 1. The molecular weight excluding hydrogens is 432 g/mol. The third-order valence-electron chi connectivity index (χ3n) is 4.04. The molecule has 0 saturated carbocycles. The van der Waals surface area contributed by atoms with Gasteiger partial charge in [0.25, 0.3) is 11.8 Å². The molecule has 2 aromatic carbocycles. The minimum Gasteiger partial charge on any atom is -0.368 e. The Morgan fingerprint density at radius 1 is 0.967 bits per heavy atom. The van der Waals surface area contributed by atoms with Crippen LogP contribution in [0.3, 0.4) is 0 Å². The van der Waals surface area contributed by atoms with Gasteiger partial charge in [-0.2, -0.15) is 0 Å². The predicted octanol–water partition coefficient (Wildman–Crippen LogP) is 0.735. The van der Waals surface area contributed by atoms with Crippen LogP contribution in [0.15, 0.2) is 47.4 Å². The first-order valence-corrected chi connectivity index (χ1v) is 10.5. The van der Waals surface area contributed by atoms with E-state index in [0.29, 0.717) is 11.1 Å². The summed E-state index contributed by atoms with van der Waals surface area (Å²) in [5.41, 5.74) is 6.17. The number of hydrogen-bond donors (Lipinski definition) is 3. The van der Waals surface area contributed by atoms with Crippen molar-refractivity contribution in [2.75, 3.05) is 20.6 Å². The van der Waals surface area contributed by atoms with Crippen LogP contribution in [-0.4, -0.2) is 51.1 Å². The largest absolute Gasteiger partial charge is 0.368 e. The van der Waals surface area contributed by atoms with Gasteiger partial charge in [-0.25, -0.2) is 12.7 Å². The molecular formula is C19H21ClN4O5S. The lowest BCUT2D eigenvalue weighted by molar-refractivity contribution is -0.117. The van der Waals surface area contributed by atoms with Crippen LogP contribution in [0.1, 0.15) is 26.3 Å². The summed E-state index contributed by atoms with van der Waals surface area (Å²) < 4.78 is 25.7. The molecule has 0 heterocycles. The first-order valence-electron chi connectivity index (χ1n) is 8.68. The van der Waals surface area contributed by atoms with Crippen LogP contribution in [0.25, 0.3) is 0 Å². The Hall–Kier alpha value is -2.95. The van der Waals surface area contributed by atoms with E-state index in [1.807, 2.05) is 0 Å². The molecule has 0 atom stereocenters. The zero-order chi connectivity index (χ0) is 22.5. The van der Waals surface area contributed by atoms with Crippen molar-refractivity contribution in [1.29, 1.82) is 0 Å². The molecule has 2 rings (SSSR count). The summed E-state index contributed by atoms with van der Waals surface area (Å²) in [4.78, 5) is 34.8. The van der Waals surface area contributed by atoms with E-state index in [4.69, 9.17) is 17.3 Å². The number of benzene rings is 2. The van der Waals surface area contributed by atoms with Gasteiger partial charge in [-0.15, -0.1) is 0 Å². The molecule has 0 aliphatic carbocycles. The summed E-state index contributed by atoms with van der Waals surface area (Å²) in [6, 6.07) is 10.4. The van der Waals surface area contributed by atoms with Crippen LogP contribution in [-0.2, 0) is 21.4 Å². The molecule has 3 amide bonds. The van der Waals surface area contributed by atoms with Gasteiger partial charge in [-0.3, -0.25) is 14.4 Å². The maximum Gasteiger partial charge on any atom is 0.251 e.